The van der Waals surface area contributed by atoms with Crippen molar-refractivity contribution in [1.29, 1.82) is 0 Å². The lowest BCUT2D eigenvalue weighted by molar-refractivity contribution is 0.0690. The maximum absolute atomic E-state index is 13.0. The van der Waals surface area contributed by atoms with Gasteiger partial charge < -0.3 is 4.74 Å². The highest BCUT2D eigenvalue weighted by Gasteiger charge is 2.15. The molecule has 0 amide bonds. The maximum Gasteiger partial charge on any atom is 0.343 e. The highest BCUT2D eigenvalue weighted by Crippen LogP contribution is 2.22. The Balaban J connectivity index is 1.97. The summed E-state index contributed by atoms with van der Waals surface area (Å²) in [6.45, 7) is -2.74. The fraction of sp³-hybridized carbons (Fsp3) is 0.0526. The summed E-state index contributed by atoms with van der Waals surface area (Å²) in [6.07, 6.45) is 3.75. The van der Waals surface area contributed by atoms with E-state index in [-0.39, 0.29) is 11.6 Å². The van der Waals surface area contributed by atoms with Gasteiger partial charge in [0.15, 0.2) is 0 Å². The third kappa shape index (κ3) is 3.98. The molecule has 0 N–H and O–H groups in total. The van der Waals surface area contributed by atoms with Gasteiger partial charge in [0.1, 0.15) is 11.6 Å². The number of carbonyl (C=O) groups is 1. The van der Waals surface area contributed by atoms with Gasteiger partial charge in [0, 0.05) is 24.0 Å². The third-order valence-electron chi connectivity index (χ3n) is 3.44. The number of ether oxygens (including phenoxy) is 1. The molecule has 0 aliphatic rings. The van der Waals surface area contributed by atoms with Crippen LogP contribution in [0.15, 0.2) is 73.1 Å². The lowest BCUT2D eigenvalue weighted by Crippen LogP contribution is -2.06. The summed E-state index contributed by atoms with van der Waals surface area (Å²) >= 11 is 0. The lowest BCUT2D eigenvalue weighted by Gasteiger charge is -2.10. The summed E-state index contributed by atoms with van der Waals surface area (Å²) in [5.41, 5.74) is 0.942. The van der Waals surface area contributed by atoms with Gasteiger partial charge in [-0.25, -0.2) is 9.78 Å². The second-order valence-electron chi connectivity index (χ2n) is 5.10. The summed E-state index contributed by atoms with van der Waals surface area (Å²) in [7, 11) is 0. The Morgan fingerprint density at radius 3 is 2.20 bits per heavy atom. The Bertz CT molecular complexity index is 875. The van der Waals surface area contributed by atoms with E-state index in [0.717, 1.165) is 6.20 Å². The van der Waals surface area contributed by atoms with Crippen molar-refractivity contribution in [3.05, 3.63) is 90.0 Å². The fourth-order valence-electron chi connectivity index (χ4n) is 2.23. The minimum atomic E-state index is -2.74. The molecule has 0 fully saturated rings. The Hall–Kier alpha value is -3.28. The number of benzene rings is 2. The molecular weight excluding hydrogens is 326 g/mol. The Morgan fingerprint density at radius 2 is 1.60 bits per heavy atom. The van der Waals surface area contributed by atoms with Crippen LogP contribution in [0.2, 0.25) is 0 Å². The zero-order chi connectivity index (χ0) is 17.6. The molecule has 3 rings (SSSR count). The van der Waals surface area contributed by atoms with Crippen LogP contribution < -0.4 is 0 Å². The molecule has 0 atom stereocenters. The van der Waals surface area contributed by atoms with Crippen LogP contribution in [0.5, 0.6) is 0 Å². The van der Waals surface area contributed by atoms with E-state index in [2.05, 4.69) is 4.98 Å². The topological polar surface area (TPSA) is 44.1 Å². The molecule has 0 spiro atoms. The molecule has 0 radical (unpaired) electrons. The summed E-state index contributed by atoms with van der Waals surface area (Å²) in [5, 5.41) is 0. The van der Waals surface area contributed by atoms with Gasteiger partial charge >= 0.3 is 12.5 Å². The number of rotatable bonds is 5. The first kappa shape index (κ1) is 16.6. The van der Waals surface area contributed by atoms with Crippen molar-refractivity contribution in [2.24, 2.45) is 0 Å². The average Bonchev–Trinajstić information content (AvgIpc) is 3.11. The number of esters is 1. The molecule has 0 aliphatic heterocycles. The van der Waals surface area contributed by atoms with Gasteiger partial charge in [-0.15, -0.1) is 0 Å². The van der Waals surface area contributed by atoms with Crippen molar-refractivity contribution in [1.82, 2.24) is 9.55 Å². The van der Waals surface area contributed by atoms with Crippen LogP contribution in [0.3, 0.4) is 0 Å². The SMILES string of the molecule is O=C(O/C(=C/c1nccn1C(F)F)c1ccccc1)c1ccccc1. The molecule has 0 aliphatic carbocycles. The van der Waals surface area contributed by atoms with E-state index < -0.39 is 12.5 Å². The first-order chi connectivity index (χ1) is 12.1. The molecular formula is C19H14F2N2O2. The van der Waals surface area contributed by atoms with Gasteiger partial charge in [0.2, 0.25) is 0 Å². The molecule has 0 unspecified atom stereocenters. The van der Waals surface area contributed by atoms with E-state index in [0.29, 0.717) is 15.7 Å². The van der Waals surface area contributed by atoms with E-state index in [4.69, 9.17) is 4.74 Å². The Kier molecular flexibility index (Phi) is 4.99. The van der Waals surface area contributed by atoms with Crippen molar-refractivity contribution in [2.45, 2.75) is 6.55 Å². The summed E-state index contributed by atoms with van der Waals surface area (Å²) in [5.74, 6) is -0.442. The number of alkyl halides is 2. The fourth-order valence-corrected chi connectivity index (χ4v) is 2.23. The smallest absolute Gasteiger partial charge is 0.343 e. The van der Waals surface area contributed by atoms with Crippen LogP contribution in [0, 0.1) is 0 Å². The highest BCUT2D eigenvalue weighted by molar-refractivity contribution is 5.95. The number of halogens is 2. The van der Waals surface area contributed by atoms with Gasteiger partial charge in [-0.3, -0.25) is 4.57 Å². The first-order valence-corrected chi connectivity index (χ1v) is 7.50. The van der Waals surface area contributed by atoms with Gasteiger partial charge in [-0.05, 0) is 12.1 Å². The van der Waals surface area contributed by atoms with E-state index in [9.17, 15) is 13.6 Å². The molecule has 126 valence electrons. The molecule has 1 aromatic heterocycles. The van der Waals surface area contributed by atoms with Crippen LogP contribution in [-0.2, 0) is 4.74 Å². The predicted molar refractivity (Wildman–Crippen MR) is 89.7 cm³/mol. The third-order valence-corrected chi connectivity index (χ3v) is 3.44. The van der Waals surface area contributed by atoms with Crippen LogP contribution in [0.1, 0.15) is 28.3 Å². The highest BCUT2D eigenvalue weighted by atomic mass is 19.3. The van der Waals surface area contributed by atoms with Crippen LogP contribution in [-0.4, -0.2) is 15.5 Å². The molecule has 2 aromatic carbocycles. The summed E-state index contributed by atoms with van der Waals surface area (Å²) in [4.78, 5) is 16.2. The molecule has 25 heavy (non-hydrogen) atoms. The quantitative estimate of drug-likeness (QED) is 0.502. The largest absolute Gasteiger partial charge is 0.422 e. The first-order valence-electron chi connectivity index (χ1n) is 7.50. The molecule has 0 saturated carbocycles. The van der Waals surface area contributed by atoms with E-state index in [1.165, 1.54) is 12.3 Å². The Labute approximate surface area is 143 Å². The van der Waals surface area contributed by atoms with E-state index in [1.807, 2.05) is 0 Å². The van der Waals surface area contributed by atoms with E-state index in [1.54, 1.807) is 60.7 Å². The van der Waals surface area contributed by atoms with Gasteiger partial charge in [0.25, 0.3) is 0 Å². The number of hydrogen-bond donors (Lipinski definition) is 0. The van der Waals surface area contributed by atoms with Crippen molar-refractivity contribution in [2.75, 3.05) is 0 Å². The van der Waals surface area contributed by atoms with E-state index >= 15 is 0 Å². The maximum atomic E-state index is 13.0. The molecule has 0 saturated heterocycles. The number of nitrogens with zero attached hydrogens (tertiary/aromatic N) is 2. The van der Waals surface area contributed by atoms with Gasteiger partial charge in [0.05, 0.1) is 5.56 Å². The van der Waals surface area contributed by atoms with Crippen LogP contribution in [0.4, 0.5) is 8.78 Å². The second-order valence-corrected chi connectivity index (χ2v) is 5.10. The lowest BCUT2D eigenvalue weighted by atomic mass is 10.1. The monoisotopic (exact) mass is 340 g/mol. The van der Waals surface area contributed by atoms with Gasteiger partial charge in [-0.1, -0.05) is 48.5 Å². The number of hydrogen-bond acceptors (Lipinski definition) is 3. The normalized spacial score (nSPS) is 11.6. The second kappa shape index (κ2) is 7.53. The average molecular weight is 340 g/mol. The Morgan fingerprint density at radius 1 is 1.00 bits per heavy atom. The molecule has 1 heterocycles. The molecule has 3 aromatic rings. The number of aromatic nitrogens is 2. The van der Waals surface area contributed by atoms with Crippen molar-refractivity contribution in [3.63, 3.8) is 0 Å². The molecule has 6 heteroatoms. The van der Waals surface area contributed by atoms with Crippen molar-refractivity contribution >= 4 is 17.8 Å². The zero-order valence-corrected chi connectivity index (χ0v) is 13.0. The zero-order valence-electron chi connectivity index (χ0n) is 13.0. The molecule has 0 bridgehead atoms. The minimum Gasteiger partial charge on any atom is -0.422 e. The van der Waals surface area contributed by atoms with Crippen LogP contribution >= 0.6 is 0 Å². The predicted octanol–water partition coefficient (Wildman–Crippen LogP) is 4.63. The number of imidazole rings is 1. The summed E-state index contributed by atoms with van der Waals surface area (Å²) in [6, 6.07) is 17.2. The number of carbonyl (C=O) groups excluding carboxylic acids is 1. The standard InChI is InChI=1S/C19H14F2N2O2/c20-19(21)23-12-11-22-17(23)13-16(14-7-3-1-4-8-14)25-18(24)15-9-5-2-6-10-15/h1-13,19H/b16-13+. The van der Waals surface area contributed by atoms with Crippen molar-refractivity contribution in [3.8, 4) is 0 Å². The molecule has 4 nitrogen and oxygen atoms in total. The van der Waals surface area contributed by atoms with Crippen molar-refractivity contribution < 1.29 is 18.3 Å². The van der Waals surface area contributed by atoms with Crippen LogP contribution in [0.25, 0.3) is 11.8 Å². The summed E-state index contributed by atoms with van der Waals surface area (Å²) < 4.78 is 32.2. The minimum absolute atomic E-state index is 0.00489. The van der Waals surface area contributed by atoms with Gasteiger partial charge in [-0.2, -0.15) is 8.78 Å².